The Morgan fingerprint density at radius 2 is 1.76 bits per heavy atom. The van der Waals surface area contributed by atoms with Gasteiger partial charge in [0.25, 0.3) is 5.91 Å². The molecule has 0 radical (unpaired) electrons. The van der Waals surface area contributed by atoms with E-state index in [0.717, 1.165) is 11.1 Å². The SMILES string of the molecule is COCOc1cc(OC)c(CO[Si](C)(C)C(C)(C)C)cc1[C@H](C)C(=O)N(C)OC. The summed E-state index contributed by atoms with van der Waals surface area (Å²) in [6.07, 6.45) is 0. The smallest absolute Gasteiger partial charge is 0.253 e. The summed E-state index contributed by atoms with van der Waals surface area (Å²) in [5.74, 6) is 0.518. The van der Waals surface area contributed by atoms with Crippen molar-refractivity contribution in [3.8, 4) is 11.5 Å². The number of benzene rings is 1. The molecule has 0 aliphatic carbocycles. The number of ether oxygens (including phenoxy) is 3. The lowest BCUT2D eigenvalue weighted by molar-refractivity contribution is -0.170. The fraction of sp³-hybridized carbons (Fsp3) is 0.667. The second kappa shape index (κ2) is 10.4. The number of amides is 1. The molecule has 0 N–H and O–H groups in total. The second-order valence-corrected chi connectivity index (χ2v) is 13.4. The Labute approximate surface area is 176 Å². The van der Waals surface area contributed by atoms with Gasteiger partial charge in [0, 0.05) is 31.4 Å². The van der Waals surface area contributed by atoms with Crippen LogP contribution in [0.4, 0.5) is 0 Å². The lowest BCUT2D eigenvalue weighted by atomic mass is 9.96. The molecule has 0 fully saturated rings. The highest BCUT2D eigenvalue weighted by molar-refractivity contribution is 6.74. The van der Waals surface area contributed by atoms with E-state index in [1.807, 2.05) is 13.0 Å². The summed E-state index contributed by atoms with van der Waals surface area (Å²) in [4.78, 5) is 17.7. The first-order valence-corrected chi connectivity index (χ1v) is 12.6. The van der Waals surface area contributed by atoms with Crippen LogP contribution in [0.1, 0.15) is 44.7 Å². The highest BCUT2D eigenvalue weighted by Crippen LogP contribution is 2.39. The summed E-state index contributed by atoms with van der Waals surface area (Å²) < 4.78 is 22.7. The minimum Gasteiger partial charge on any atom is -0.496 e. The largest absolute Gasteiger partial charge is 0.496 e. The maximum absolute atomic E-state index is 12.7. The molecule has 1 aromatic rings. The quantitative estimate of drug-likeness (QED) is 0.315. The first kappa shape index (κ1) is 25.4. The number of hydrogen-bond donors (Lipinski definition) is 0. The van der Waals surface area contributed by atoms with Gasteiger partial charge in [0.05, 0.1) is 26.7 Å². The van der Waals surface area contributed by atoms with E-state index in [1.54, 1.807) is 27.3 Å². The molecule has 0 aromatic heterocycles. The van der Waals surface area contributed by atoms with Gasteiger partial charge < -0.3 is 18.6 Å². The van der Waals surface area contributed by atoms with Crippen molar-refractivity contribution in [3.05, 3.63) is 23.3 Å². The van der Waals surface area contributed by atoms with Gasteiger partial charge in [-0.1, -0.05) is 20.8 Å². The van der Waals surface area contributed by atoms with Gasteiger partial charge >= 0.3 is 0 Å². The molecule has 1 amide bonds. The van der Waals surface area contributed by atoms with Crippen LogP contribution in [-0.2, 0) is 25.4 Å². The standard InChI is InChI=1S/C21H37NO6Si/c1-15(20(23)22(5)26-8)17-11-16(13-28-29(9,10)21(2,3)4)18(25-7)12-19(17)27-14-24-6/h11-12,15H,13-14H2,1-10H3/t15-/m0/s1. The van der Waals surface area contributed by atoms with Crippen LogP contribution in [0, 0.1) is 0 Å². The van der Waals surface area contributed by atoms with E-state index in [1.165, 1.54) is 12.2 Å². The number of carbonyl (C=O) groups is 1. The van der Waals surface area contributed by atoms with Crippen LogP contribution in [0.15, 0.2) is 12.1 Å². The zero-order chi connectivity index (χ0) is 22.4. The number of hydroxylamine groups is 2. The van der Waals surface area contributed by atoms with Crippen LogP contribution in [-0.4, -0.2) is 54.5 Å². The van der Waals surface area contributed by atoms with Crippen LogP contribution in [0.5, 0.6) is 11.5 Å². The zero-order valence-corrected chi connectivity index (χ0v) is 20.5. The van der Waals surface area contributed by atoms with E-state index >= 15 is 0 Å². The summed E-state index contributed by atoms with van der Waals surface area (Å²) in [7, 11) is 4.25. The fourth-order valence-corrected chi connectivity index (χ4v) is 3.43. The molecule has 0 heterocycles. The first-order valence-electron chi connectivity index (χ1n) is 9.67. The zero-order valence-electron chi connectivity index (χ0n) is 19.5. The molecular weight excluding hydrogens is 390 g/mol. The topological polar surface area (TPSA) is 66.5 Å². The van der Waals surface area contributed by atoms with Crippen LogP contribution >= 0.6 is 0 Å². The molecule has 29 heavy (non-hydrogen) atoms. The minimum absolute atomic E-state index is 0.0665. The summed E-state index contributed by atoms with van der Waals surface area (Å²) in [6, 6.07) is 3.71. The van der Waals surface area contributed by atoms with Gasteiger partial charge in [-0.25, -0.2) is 5.06 Å². The lowest BCUT2D eigenvalue weighted by Gasteiger charge is -2.36. The van der Waals surface area contributed by atoms with E-state index < -0.39 is 14.2 Å². The Kier molecular flexibility index (Phi) is 9.14. The third-order valence-corrected chi connectivity index (χ3v) is 10.0. The molecule has 0 aliphatic heterocycles. The third-order valence-electron chi connectivity index (χ3n) is 5.56. The normalized spacial score (nSPS) is 13.2. The molecule has 0 saturated heterocycles. The number of methoxy groups -OCH3 is 2. The molecule has 0 saturated carbocycles. The second-order valence-electron chi connectivity index (χ2n) is 8.54. The predicted octanol–water partition coefficient (Wildman–Crippen LogP) is 4.32. The Bertz CT molecular complexity index is 686. The van der Waals surface area contributed by atoms with E-state index in [0.29, 0.717) is 18.1 Å². The average Bonchev–Trinajstić information content (AvgIpc) is 2.67. The number of nitrogens with zero attached hydrogens (tertiary/aromatic N) is 1. The molecule has 0 spiro atoms. The Hall–Kier alpha value is -1.61. The van der Waals surface area contributed by atoms with Gasteiger partial charge in [-0.15, -0.1) is 0 Å². The van der Waals surface area contributed by atoms with Crippen molar-refractivity contribution in [1.82, 2.24) is 5.06 Å². The van der Waals surface area contributed by atoms with E-state index in [9.17, 15) is 4.79 Å². The van der Waals surface area contributed by atoms with E-state index in [-0.39, 0.29) is 17.7 Å². The first-order chi connectivity index (χ1) is 13.4. The number of rotatable bonds is 10. The number of hydrogen-bond acceptors (Lipinski definition) is 6. The van der Waals surface area contributed by atoms with Crippen molar-refractivity contribution in [2.75, 3.05) is 35.2 Å². The highest BCUT2D eigenvalue weighted by Gasteiger charge is 2.37. The minimum atomic E-state index is -1.95. The Balaban J connectivity index is 3.34. The maximum Gasteiger partial charge on any atom is 0.253 e. The van der Waals surface area contributed by atoms with Crippen LogP contribution < -0.4 is 9.47 Å². The summed E-state index contributed by atoms with van der Waals surface area (Å²) in [5.41, 5.74) is 1.60. The van der Waals surface area contributed by atoms with Crippen molar-refractivity contribution < 1.29 is 28.3 Å². The third kappa shape index (κ3) is 6.43. The van der Waals surface area contributed by atoms with Crippen molar-refractivity contribution in [3.63, 3.8) is 0 Å². The van der Waals surface area contributed by atoms with Crippen molar-refractivity contribution in [1.29, 1.82) is 0 Å². The molecule has 1 atom stereocenters. The molecular formula is C21H37NO6Si. The molecule has 166 valence electrons. The van der Waals surface area contributed by atoms with E-state index in [2.05, 4.69) is 33.9 Å². The summed E-state index contributed by atoms with van der Waals surface area (Å²) in [5, 5.41) is 1.30. The van der Waals surface area contributed by atoms with Gasteiger partial charge in [0.2, 0.25) is 0 Å². The maximum atomic E-state index is 12.7. The Morgan fingerprint density at radius 3 is 2.24 bits per heavy atom. The van der Waals surface area contributed by atoms with Crippen molar-refractivity contribution in [2.24, 2.45) is 0 Å². The van der Waals surface area contributed by atoms with Gasteiger partial charge in [-0.05, 0) is 31.1 Å². The monoisotopic (exact) mass is 427 g/mol. The Morgan fingerprint density at radius 1 is 1.14 bits per heavy atom. The molecule has 1 aromatic carbocycles. The molecule has 7 nitrogen and oxygen atoms in total. The van der Waals surface area contributed by atoms with Crippen LogP contribution in [0.3, 0.4) is 0 Å². The number of likely N-dealkylation sites (N-methyl/N-ethyl adjacent to an activating group) is 1. The van der Waals surface area contributed by atoms with Gasteiger partial charge in [0.1, 0.15) is 11.5 Å². The predicted molar refractivity (Wildman–Crippen MR) is 116 cm³/mol. The molecule has 8 heteroatoms. The fourth-order valence-electron chi connectivity index (χ4n) is 2.48. The van der Waals surface area contributed by atoms with Crippen molar-refractivity contribution in [2.45, 2.75) is 58.4 Å². The number of carbonyl (C=O) groups excluding carboxylic acids is 1. The summed E-state index contributed by atoms with van der Waals surface area (Å²) >= 11 is 0. The van der Waals surface area contributed by atoms with Crippen LogP contribution in [0.25, 0.3) is 0 Å². The molecule has 0 aliphatic rings. The van der Waals surface area contributed by atoms with Crippen LogP contribution in [0.2, 0.25) is 18.1 Å². The lowest BCUT2D eigenvalue weighted by Crippen LogP contribution is -2.40. The van der Waals surface area contributed by atoms with Gasteiger partial charge in [-0.2, -0.15) is 0 Å². The highest BCUT2D eigenvalue weighted by atomic mass is 28.4. The van der Waals surface area contributed by atoms with Crippen molar-refractivity contribution >= 4 is 14.2 Å². The molecule has 0 unspecified atom stereocenters. The van der Waals surface area contributed by atoms with Gasteiger partial charge in [0.15, 0.2) is 15.1 Å². The average molecular weight is 428 g/mol. The summed E-state index contributed by atoms with van der Waals surface area (Å²) in [6.45, 7) is 13.3. The van der Waals surface area contributed by atoms with Gasteiger partial charge in [-0.3, -0.25) is 9.63 Å². The molecule has 1 rings (SSSR count). The van der Waals surface area contributed by atoms with E-state index in [4.69, 9.17) is 23.5 Å². The molecule has 0 bridgehead atoms.